The normalized spacial score (nSPS) is 16.0. The van der Waals surface area contributed by atoms with Crippen molar-refractivity contribution in [1.29, 1.82) is 0 Å². The van der Waals surface area contributed by atoms with Crippen LogP contribution >= 0.6 is 23.4 Å². The lowest BCUT2D eigenvalue weighted by molar-refractivity contribution is -0.115. The Morgan fingerprint density at radius 1 is 1.05 bits per heavy atom. The number of para-hydroxylation sites is 1. The highest BCUT2D eigenvalue weighted by atomic mass is 35.5. The van der Waals surface area contributed by atoms with E-state index in [1.165, 1.54) is 0 Å². The molecule has 1 aliphatic rings. The van der Waals surface area contributed by atoms with E-state index < -0.39 is 5.91 Å². The molecule has 0 aliphatic carbocycles. The number of ether oxygens (including phenoxy) is 1. The lowest BCUT2D eigenvalue weighted by atomic mass is 10.2. The second-order valence-corrected chi connectivity index (χ2v) is 5.87. The molecule has 0 unspecified atom stereocenters. The Balaban J connectivity index is 1.82. The van der Waals surface area contributed by atoms with Gasteiger partial charge in [-0.3, -0.25) is 14.9 Å². The fourth-order valence-corrected chi connectivity index (χ4v) is 2.77. The van der Waals surface area contributed by atoms with Crippen LogP contribution in [0.25, 0.3) is 6.08 Å². The lowest BCUT2D eigenvalue weighted by Gasteiger charge is -2.07. The predicted molar refractivity (Wildman–Crippen MR) is 87.1 cm³/mol. The molecular weight excluding hydrogens is 322 g/mol. The molecule has 0 radical (unpaired) electrons. The summed E-state index contributed by atoms with van der Waals surface area (Å²) in [5, 5.41) is 2.26. The van der Waals surface area contributed by atoms with Crippen LogP contribution in [0.5, 0.6) is 11.5 Å². The standard InChI is InChI=1S/C16H10ClNO3S/c17-13-9-12(21-11-4-2-1-3-5-11)7-6-10(13)8-14-15(19)18-16(20)22-14/h1-9H,(H,18,19,20). The van der Waals surface area contributed by atoms with Gasteiger partial charge in [0.25, 0.3) is 11.1 Å². The molecule has 0 bridgehead atoms. The minimum atomic E-state index is -0.407. The summed E-state index contributed by atoms with van der Waals surface area (Å²) in [5.74, 6) is 0.898. The number of halogens is 1. The topological polar surface area (TPSA) is 55.4 Å². The Morgan fingerprint density at radius 2 is 1.82 bits per heavy atom. The minimum Gasteiger partial charge on any atom is -0.457 e. The van der Waals surface area contributed by atoms with Gasteiger partial charge in [-0.15, -0.1) is 0 Å². The van der Waals surface area contributed by atoms with Crippen LogP contribution in [0.4, 0.5) is 4.79 Å². The summed E-state index contributed by atoms with van der Waals surface area (Å²) in [6.07, 6.45) is 1.58. The van der Waals surface area contributed by atoms with Crippen LogP contribution < -0.4 is 10.1 Å². The molecule has 1 N–H and O–H groups in total. The number of carbonyl (C=O) groups is 2. The summed E-state index contributed by atoms with van der Waals surface area (Å²) >= 11 is 7.06. The van der Waals surface area contributed by atoms with Crippen molar-refractivity contribution >= 4 is 40.6 Å². The van der Waals surface area contributed by atoms with Crippen molar-refractivity contribution in [2.24, 2.45) is 0 Å². The van der Waals surface area contributed by atoms with Crippen molar-refractivity contribution in [1.82, 2.24) is 5.32 Å². The van der Waals surface area contributed by atoms with Crippen molar-refractivity contribution in [3.63, 3.8) is 0 Å². The Morgan fingerprint density at radius 3 is 2.45 bits per heavy atom. The highest BCUT2D eigenvalue weighted by molar-refractivity contribution is 8.18. The first-order chi connectivity index (χ1) is 10.6. The van der Waals surface area contributed by atoms with Crippen molar-refractivity contribution in [2.75, 3.05) is 0 Å². The maximum absolute atomic E-state index is 11.5. The van der Waals surface area contributed by atoms with Crippen molar-refractivity contribution in [3.8, 4) is 11.5 Å². The van der Waals surface area contributed by atoms with Crippen LogP contribution in [0.1, 0.15) is 5.56 Å². The number of hydrogen-bond acceptors (Lipinski definition) is 4. The van der Waals surface area contributed by atoms with E-state index in [2.05, 4.69) is 5.32 Å². The second kappa shape index (κ2) is 6.25. The number of hydrogen-bond donors (Lipinski definition) is 1. The van der Waals surface area contributed by atoms with Gasteiger partial charge in [0.05, 0.1) is 9.93 Å². The van der Waals surface area contributed by atoms with Gasteiger partial charge in [-0.05, 0) is 53.7 Å². The first-order valence-corrected chi connectivity index (χ1v) is 7.58. The van der Waals surface area contributed by atoms with Crippen molar-refractivity contribution in [3.05, 3.63) is 64.0 Å². The van der Waals surface area contributed by atoms with Gasteiger partial charge in [0, 0.05) is 0 Å². The van der Waals surface area contributed by atoms with E-state index in [1.807, 2.05) is 30.3 Å². The Kier molecular flexibility index (Phi) is 4.18. The fourth-order valence-electron chi connectivity index (χ4n) is 1.88. The summed E-state index contributed by atoms with van der Waals surface area (Å²) in [6.45, 7) is 0. The summed E-state index contributed by atoms with van der Waals surface area (Å²) in [7, 11) is 0. The first kappa shape index (κ1) is 14.7. The van der Waals surface area contributed by atoms with Crippen LogP contribution in [0.2, 0.25) is 5.02 Å². The Labute approximate surface area is 136 Å². The molecule has 110 valence electrons. The monoisotopic (exact) mass is 331 g/mol. The molecule has 1 aliphatic heterocycles. The Bertz CT molecular complexity index is 774. The zero-order valence-electron chi connectivity index (χ0n) is 11.2. The van der Waals surface area contributed by atoms with Crippen LogP contribution in [0.15, 0.2) is 53.4 Å². The van der Waals surface area contributed by atoms with E-state index in [0.29, 0.717) is 27.0 Å². The Hall–Kier alpha value is -2.24. The minimum absolute atomic E-state index is 0.323. The quantitative estimate of drug-likeness (QED) is 0.844. The van der Waals surface area contributed by atoms with Crippen molar-refractivity contribution < 1.29 is 14.3 Å². The molecule has 1 fully saturated rings. The van der Waals surface area contributed by atoms with Crippen LogP contribution in [-0.4, -0.2) is 11.1 Å². The average molecular weight is 332 g/mol. The molecule has 2 amide bonds. The molecule has 0 saturated carbocycles. The largest absolute Gasteiger partial charge is 0.457 e. The smallest absolute Gasteiger partial charge is 0.290 e. The highest BCUT2D eigenvalue weighted by Gasteiger charge is 2.25. The van der Waals surface area contributed by atoms with Gasteiger partial charge in [-0.25, -0.2) is 0 Å². The summed E-state index contributed by atoms with van der Waals surface area (Å²) in [4.78, 5) is 23.0. The van der Waals surface area contributed by atoms with Crippen LogP contribution in [-0.2, 0) is 4.79 Å². The maximum atomic E-state index is 11.5. The molecule has 0 atom stereocenters. The van der Waals surface area contributed by atoms with Gasteiger partial charge in [0.1, 0.15) is 11.5 Å². The predicted octanol–water partition coefficient (Wildman–Crippen LogP) is 4.46. The molecule has 4 nitrogen and oxygen atoms in total. The molecule has 1 saturated heterocycles. The average Bonchev–Trinajstić information content (AvgIpc) is 2.81. The molecule has 2 aromatic rings. The van der Waals surface area contributed by atoms with Gasteiger partial charge < -0.3 is 4.74 Å². The zero-order valence-corrected chi connectivity index (χ0v) is 12.8. The molecule has 1 heterocycles. The molecule has 3 rings (SSSR count). The molecular formula is C16H10ClNO3S. The number of thioether (sulfide) groups is 1. The van der Waals surface area contributed by atoms with E-state index in [4.69, 9.17) is 16.3 Å². The van der Waals surface area contributed by atoms with E-state index in [-0.39, 0.29) is 5.24 Å². The number of carbonyl (C=O) groups excluding carboxylic acids is 2. The zero-order chi connectivity index (χ0) is 15.5. The fraction of sp³-hybridized carbons (Fsp3) is 0. The molecule has 0 aromatic heterocycles. The number of benzene rings is 2. The van der Waals surface area contributed by atoms with Crippen LogP contribution in [0.3, 0.4) is 0 Å². The van der Waals surface area contributed by atoms with Gasteiger partial charge in [-0.2, -0.15) is 0 Å². The van der Waals surface area contributed by atoms with Crippen molar-refractivity contribution in [2.45, 2.75) is 0 Å². The van der Waals surface area contributed by atoms with E-state index >= 15 is 0 Å². The van der Waals surface area contributed by atoms with E-state index in [1.54, 1.807) is 24.3 Å². The van der Waals surface area contributed by atoms with E-state index in [9.17, 15) is 9.59 Å². The summed E-state index contributed by atoms with van der Waals surface area (Å²) < 4.78 is 5.68. The highest BCUT2D eigenvalue weighted by Crippen LogP contribution is 2.31. The number of imide groups is 1. The SMILES string of the molecule is O=C1NC(=O)C(=Cc2ccc(Oc3ccccc3)cc2Cl)S1. The van der Waals surface area contributed by atoms with E-state index in [0.717, 1.165) is 11.8 Å². The number of amides is 2. The molecule has 6 heteroatoms. The first-order valence-electron chi connectivity index (χ1n) is 6.39. The second-order valence-electron chi connectivity index (χ2n) is 4.45. The molecule has 2 aromatic carbocycles. The third-order valence-electron chi connectivity index (χ3n) is 2.88. The van der Waals surface area contributed by atoms with Gasteiger partial charge in [-0.1, -0.05) is 29.8 Å². The number of rotatable bonds is 3. The van der Waals surface area contributed by atoms with Gasteiger partial charge in [0.15, 0.2) is 0 Å². The third kappa shape index (κ3) is 3.32. The summed E-state index contributed by atoms with van der Waals surface area (Å²) in [6, 6.07) is 14.5. The number of nitrogens with one attached hydrogen (secondary N) is 1. The van der Waals surface area contributed by atoms with Gasteiger partial charge >= 0.3 is 0 Å². The lowest BCUT2D eigenvalue weighted by Crippen LogP contribution is -2.17. The summed E-state index contributed by atoms with van der Waals surface area (Å²) in [5.41, 5.74) is 0.648. The third-order valence-corrected chi connectivity index (χ3v) is 4.02. The van der Waals surface area contributed by atoms with Crippen LogP contribution in [0, 0.1) is 0 Å². The molecule has 0 spiro atoms. The van der Waals surface area contributed by atoms with Gasteiger partial charge in [0.2, 0.25) is 0 Å². The molecule has 22 heavy (non-hydrogen) atoms. The maximum Gasteiger partial charge on any atom is 0.290 e.